The number of aryl methyl sites for hydroxylation is 2. The van der Waals surface area contributed by atoms with Crippen LogP contribution in [0.15, 0.2) is 54.6 Å². The van der Waals surface area contributed by atoms with E-state index < -0.39 is 20.1 Å². The fourth-order valence-corrected chi connectivity index (χ4v) is 5.77. The lowest BCUT2D eigenvalue weighted by Gasteiger charge is -2.27. The summed E-state index contributed by atoms with van der Waals surface area (Å²) in [5.74, 6) is -0.617. The van der Waals surface area contributed by atoms with Gasteiger partial charge in [0.05, 0.1) is 13.7 Å². The third-order valence-electron chi connectivity index (χ3n) is 6.37. The number of hydrogen-bond donors (Lipinski definition) is 1. The Kier molecular flexibility index (Phi) is 11.9. The number of nitrogens with zero attached hydrogens (tertiary/aromatic N) is 2. The Labute approximate surface area is 241 Å². The highest BCUT2D eigenvalue weighted by Gasteiger charge is 2.28. The van der Waals surface area contributed by atoms with Crippen LogP contribution in [0.1, 0.15) is 44.0 Å². The van der Waals surface area contributed by atoms with E-state index in [9.17, 15) is 14.7 Å². The summed E-state index contributed by atoms with van der Waals surface area (Å²) in [6, 6.07) is 18.4. The number of methoxy groups -OCH3 is 1. The van der Waals surface area contributed by atoms with Crippen LogP contribution in [0.3, 0.4) is 0 Å². The monoisotopic (exact) mass is 584 g/mol. The molecule has 0 aliphatic heterocycles. The van der Waals surface area contributed by atoms with E-state index in [4.69, 9.17) is 14.2 Å². The number of ether oxygens (including phenoxy) is 3. The fraction of sp³-hybridized carbons (Fsp3) is 0.433. The van der Waals surface area contributed by atoms with Gasteiger partial charge in [-0.1, -0.05) is 62.1 Å². The molecule has 0 spiro atoms. The molecule has 0 saturated carbocycles. The number of thiazole rings is 1. The number of carbonyl (C=O) groups excluding carboxylic acids is 1. The number of hydrogen-bond acceptors (Lipinski definition) is 7. The quantitative estimate of drug-likeness (QED) is 0.122. The number of carboxylic acids is 1. The van der Waals surface area contributed by atoms with Crippen LogP contribution < -0.4 is 4.74 Å². The van der Waals surface area contributed by atoms with Crippen LogP contribution in [-0.2, 0) is 27.2 Å². The van der Waals surface area contributed by atoms with Gasteiger partial charge >= 0.3 is 5.97 Å². The summed E-state index contributed by atoms with van der Waals surface area (Å²) in [5.41, 5.74) is 1.90. The second-order valence-electron chi connectivity index (χ2n) is 10.8. The molecule has 40 heavy (non-hydrogen) atoms. The molecule has 0 radical (unpaired) electrons. The predicted octanol–water partition coefficient (Wildman–Crippen LogP) is 6.19. The van der Waals surface area contributed by atoms with Crippen LogP contribution in [0, 0.1) is 6.92 Å². The molecule has 3 rings (SSSR count). The molecule has 0 aliphatic carbocycles. The summed E-state index contributed by atoms with van der Waals surface area (Å²) in [5, 5.41) is 10.1. The molecule has 8 nitrogen and oxygen atoms in total. The number of amides is 1. The molecule has 1 N–H and O–H groups in total. The average Bonchev–Trinajstić information content (AvgIpc) is 3.30. The zero-order valence-corrected chi connectivity index (χ0v) is 25.8. The van der Waals surface area contributed by atoms with Gasteiger partial charge in [-0.15, -0.1) is 11.3 Å². The lowest BCUT2D eigenvalue weighted by Crippen LogP contribution is -2.37. The SMILES string of the molecule is COc1ccc([C@@H](OCOCC[Si](C)(C)C)C(=O)N(CCCc2ccccc2)Cc2nc(C(=O)O)c(C)s2)cc1. The first-order valence-electron chi connectivity index (χ1n) is 13.4. The third kappa shape index (κ3) is 9.85. The predicted molar refractivity (Wildman–Crippen MR) is 160 cm³/mol. The first-order chi connectivity index (χ1) is 19.1. The van der Waals surface area contributed by atoms with E-state index >= 15 is 0 Å². The second kappa shape index (κ2) is 15.1. The Hall–Kier alpha value is -3.05. The van der Waals surface area contributed by atoms with Gasteiger partial charge in [-0.2, -0.15) is 0 Å². The molecule has 2 aromatic carbocycles. The van der Waals surface area contributed by atoms with Crippen molar-refractivity contribution in [2.75, 3.05) is 27.1 Å². The number of carboxylic acid groups (broad SMARTS) is 1. The normalized spacial score (nSPS) is 12.2. The largest absolute Gasteiger partial charge is 0.497 e. The molecule has 0 bridgehead atoms. The summed E-state index contributed by atoms with van der Waals surface area (Å²) in [6.07, 6.45) is 0.637. The number of aromatic nitrogens is 1. The molecule has 0 saturated heterocycles. The van der Waals surface area contributed by atoms with Crippen molar-refractivity contribution in [3.05, 3.63) is 81.3 Å². The zero-order chi connectivity index (χ0) is 29.1. The van der Waals surface area contributed by atoms with Gasteiger partial charge in [0.25, 0.3) is 5.91 Å². The maximum atomic E-state index is 14.1. The van der Waals surface area contributed by atoms with Crippen molar-refractivity contribution in [3.63, 3.8) is 0 Å². The van der Waals surface area contributed by atoms with E-state index in [0.717, 1.165) is 18.9 Å². The highest BCUT2D eigenvalue weighted by molar-refractivity contribution is 7.11. The Morgan fingerprint density at radius 1 is 1.07 bits per heavy atom. The van der Waals surface area contributed by atoms with Crippen molar-refractivity contribution < 1.29 is 28.9 Å². The van der Waals surface area contributed by atoms with Crippen LogP contribution in [0.25, 0.3) is 0 Å². The molecule has 216 valence electrons. The molecular weight excluding hydrogens is 544 g/mol. The molecule has 1 heterocycles. The van der Waals surface area contributed by atoms with Crippen LogP contribution in [0.5, 0.6) is 5.75 Å². The molecule has 10 heteroatoms. The minimum Gasteiger partial charge on any atom is -0.497 e. The minimum absolute atomic E-state index is 0.00963. The van der Waals surface area contributed by atoms with Gasteiger partial charge in [0.2, 0.25) is 0 Å². The maximum Gasteiger partial charge on any atom is 0.355 e. The van der Waals surface area contributed by atoms with Gasteiger partial charge < -0.3 is 24.2 Å². The smallest absolute Gasteiger partial charge is 0.355 e. The van der Waals surface area contributed by atoms with Crippen molar-refractivity contribution >= 4 is 31.3 Å². The van der Waals surface area contributed by atoms with E-state index in [1.54, 1.807) is 31.1 Å². The molecule has 0 aliphatic rings. The summed E-state index contributed by atoms with van der Waals surface area (Å²) in [7, 11) is 0.331. The van der Waals surface area contributed by atoms with E-state index in [0.29, 0.717) is 34.3 Å². The molecule has 1 atom stereocenters. The van der Waals surface area contributed by atoms with Gasteiger partial charge in [-0.3, -0.25) is 4.79 Å². The number of rotatable bonds is 16. The number of carbonyl (C=O) groups is 2. The highest BCUT2D eigenvalue weighted by atomic mass is 32.1. The number of aromatic carboxylic acids is 1. The first-order valence-corrected chi connectivity index (χ1v) is 18.0. The third-order valence-corrected chi connectivity index (χ3v) is 9.03. The van der Waals surface area contributed by atoms with Crippen molar-refractivity contribution in [2.24, 2.45) is 0 Å². The fourth-order valence-electron chi connectivity index (χ4n) is 4.07. The van der Waals surface area contributed by atoms with Gasteiger partial charge in [0, 0.05) is 26.1 Å². The lowest BCUT2D eigenvalue weighted by atomic mass is 10.1. The van der Waals surface area contributed by atoms with E-state index in [-0.39, 0.29) is 24.9 Å². The Morgan fingerprint density at radius 3 is 2.38 bits per heavy atom. The van der Waals surface area contributed by atoms with Crippen LogP contribution in [0.2, 0.25) is 25.7 Å². The zero-order valence-electron chi connectivity index (χ0n) is 24.0. The Bertz CT molecular complexity index is 1230. The molecular formula is C30H40N2O6SSi. The van der Waals surface area contributed by atoms with Gasteiger partial charge in [0.1, 0.15) is 17.6 Å². The van der Waals surface area contributed by atoms with Crippen molar-refractivity contribution in [1.29, 1.82) is 0 Å². The van der Waals surface area contributed by atoms with E-state index in [1.165, 1.54) is 16.9 Å². The highest BCUT2D eigenvalue weighted by Crippen LogP contribution is 2.26. The van der Waals surface area contributed by atoms with Crippen molar-refractivity contribution in [1.82, 2.24) is 9.88 Å². The topological polar surface area (TPSA) is 98.2 Å². The van der Waals surface area contributed by atoms with Crippen molar-refractivity contribution in [2.45, 2.75) is 58.1 Å². The van der Waals surface area contributed by atoms with Gasteiger partial charge in [-0.25, -0.2) is 9.78 Å². The van der Waals surface area contributed by atoms with Crippen LogP contribution in [0.4, 0.5) is 0 Å². The standard InChI is InChI=1S/C30H40N2O6SSi/c1-22-27(30(34)35)31-26(39-22)20-32(17-9-12-23-10-7-6-8-11-23)29(33)28(24-13-15-25(36-2)16-14-24)38-21-37-18-19-40(3,4)5/h6-8,10-11,13-16,28H,9,12,17-21H2,1-5H3,(H,34,35)/t28-/m1/s1. The lowest BCUT2D eigenvalue weighted by molar-refractivity contribution is -0.155. The van der Waals surface area contributed by atoms with Crippen molar-refractivity contribution in [3.8, 4) is 5.75 Å². The Morgan fingerprint density at radius 2 is 1.77 bits per heavy atom. The van der Waals surface area contributed by atoms with Gasteiger partial charge in [0.15, 0.2) is 11.8 Å². The van der Waals surface area contributed by atoms with E-state index in [2.05, 4.69) is 36.8 Å². The molecule has 0 fully saturated rings. The van der Waals surface area contributed by atoms with Crippen LogP contribution >= 0.6 is 11.3 Å². The minimum atomic E-state index is -1.26. The summed E-state index contributed by atoms with van der Waals surface area (Å²) in [4.78, 5) is 32.3. The summed E-state index contributed by atoms with van der Waals surface area (Å²) < 4.78 is 17.2. The number of benzene rings is 2. The second-order valence-corrected chi connectivity index (χ2v) is 17.7. The van der Waals surface area contributed by atoms with E-state index in [1.807, 2.05) is 30.3 Å². The summed E-state index contributed by atoms with van der Waals surface area (Å²) in [6.45, 7) is 9.80. The Balaban J connectivity index is 1.82. The maximum absolute atomic E-state index is 14.1. The molecule has 3 aromatic rings. The molecule has 0 unspecified atom stereocenters. The first kappa shape index (κ1) is 31.5. The van der Waals surface area contributed by atoms with Gasteiger partial charge in [-0.05, 0) is 49.1 Å². The molecule has 1 amide bonds. The molecule has 1 aromatic heterocycles. The summed E-state index contributed by atoms with van der Waals surface area (Å²) >= 11 is 1.29. The average molecular weight is 585 g/mol. The van der Waals surface area contributed by atoms with Crippen LogP contribution in [-0.4, -0.2) is 62.0 Å².